The van der Waals surface area contributed by atoms with Crippen LogP contribution < -0.4 is 14.2 Å². The van der Waals surface area contributed by atoms with Crippen LogP contribution in [-0.4, -0.2) is 64.6 Å². The highest BCUT2D eigenvalue weighted by Gasteiger charge is 2.39. The molecule has 8 heteroatoms. The van der Waals surface area contributed by atoms with Gasteiger partial charge in [0.2, 0.25) is 5.91 Å². The lowest BCUT2D eigenvalue weighted by Gasteiger charge is -2.39. The fourth-order valence-electron chi connectivity index (χ4n) is 3.18. The molecular formula is C19H29NO6S. The first-order valence-electron chi connectivity index (χ1n) is 9.00. The second-order valence-corrected chi connectivity index (χ2v) is 9.48. The average Bonchev–Trinajstić information content (AvgIpc) is 2.56. The van der Waals surface area contributed by atoms with Gasteiger partial charge in [0, 0.05) is 37.2 Å². The predicted octanol–water partition coefficient (Wildman–Crippen LogP) is 1.93. The minimum atomic E-state index is -3.13. The molecule has 0 aromatic heterocycles. The number of carbonyl (C=O) groups is 1. The smallest absolute Gasteiger partial charge is 0.222 e. The summed E-state index contributed by atoms with van der Waals surface area (Å²) in [5.74, 6) is 2.00. The van der Waals surface area contributed by atoms with Crippen molar-refractivity contribution < 1.29 is 27.4 Å². The summed E-state index contributed by atoms with van der Waals surface area (Å²) in [5.41, 5.74) is 0.790. The zero-order valence-corrected chi connectivity index (χ0v) is 17.5. The number of nitrogens with zero attached hydrogens (tertiary/aromatic N) is 1. The van der Waals surface area contributed by atoms with Crippen molar-refractivity contribution in [1.29, 1.82) is 0 Å². The third-order valence-electron chi connectivity index (χ3n) is 4.68. The van der Waals surface area contributed by atoms with E-state index in [4.69, 9.17) is 14.2 Å². The number of rotatable bonds is 9. The molecule has 152 valence electrons. The summed E-state index contributed by atoms with van der Waals surface area (Å²) in [6.45, 7) is 4.33. The highest BCUT2D eigenvalue weighted by molar-refractivity contribution is 7.92. The lowest BCUT2D eigenvalue weighted by atomic mass is 10.0. The van der Waals surface area contributed by atoms with Gasteiger partial charge in [-0.15, -0.1) is 0 Å². The minimum Gasteiger partial charge on any atom is -0.496 e. The van der Waals surface area contributed by atoms with E-state index in [1.807, 2.05) is 13.8 Å². The van der Waals surface area contributed by atoms with E-state index in [0.29, 0.717) is 23.7 Å². The van der Waals surface area contributed by atoms with E-state index in [2.05, 4.69) is 0 Å². The summed E-state index contributed by atoms with van der Waals surface area (Å²) in [4.78, 5) is 14.0. The number of carbonyl (C=O) groups excluding carboxylic acids is 1. The van der Waals surface area contributed by atoms with E-state index in [1.165, 1.54) is 0 Å². The van der Waals surface area contributed by atoms with Gasteiger partial charge in [-0.1, -0.05) is 13.8 Å². The van der Waals surface area contributed by atoms with Crippen LogP contribution in [0.2, 0.25) is 0 Å². The van der Waals surface area contributed by atoms with Crippen LogP contribution in [0.3, 0.4) is 0 Å². The topological polar surface area (TPSA) is 82.1 Å². The van der Waals surface area contributed by atoms with E-state index in [9.17, 15) is 13.2 Å². The second kappa shape index (κ2) is 8.82. The Bertz CT molecular complexity index is 743. The Kier molecular flexibility index (Phi) is 6.97. The Morgan fingerprint density at radius 2 is 1.67 bits per heavy atom. The van der Waals surface area contributed by atoms with Gasteiger partial charge in [-0.05, 0) is 12.3 Å². The molecule has 1 aliphatic heterocycles. The molecule has 1 fully saturated rings. The molecule has 1 heterocycles. The molecule has 0 atom stereocenters. The number of amides is 1. The van der Waals surface area contributed by atoms with Crippen LogP contribution >= 0.6 is 0 Å². The number of likely N-dealkylation sites (tertiary alicyclic amines) is 1. The van der Waals surface area contributed by atoms with Gasteiger partial charge in [0.25, 0.3) is 0 Å². The van der Waals surface area contributed by atoms with E-state index in [0.717, 1.165) is 5.56 Å². The average molecular weight is 400 g/mol. The monoisotopic (exact) mass is 399 g/mol. The van der Waals surface area contributed by atoms with Crippen molar-refractivity contribution >= 4 is 15.7 Å². The Morgan fingerprint density at radius 3 is 2.11 bits per heavy atom. The molecule has 0 saturated carbocycles. The van der Waals surface area contributed by atoms with Crippen LogP contribution in [0.5, 0.6) is 17.2 Å². The first kappa shape index (κ1) is 21.3. The zero-order valence-electron chi connectivity index (χ0n) is 16.6. The molecular weight excluding hydrogens is 370 g/mol. The predicted molar refractivity (Wildman–Crippen MR) is 103 cm³/mol. The van der Waals surface area contributed by atoms with Crippen molar-refractivity contribution in [3.8, 4) is 17.2 Å². The Labute approximate surface area is 161 Å². The second-order valence-electron chi connectivity index (χ2n) is 7.15. The first-order chi connectivity index (χ1) is 12.7. The molecule has 0 radical (unpaired) electrons. The van der Waals surface area contributed by atoms with Crippen molar-refractivity contribution in [3.05, 3.63) is 17.7 Å². The summed E-state index contributed by atoms with van der Waals surface area (Å²) in [6, 6.07) is 3.50. The summed E-state index contributed by atoms with van der Waals surface area (Å²) in [7, 11) is 1.54. The molecule has 1 saturated heterocycles. The standard InChI is InChI=1S/C19H29NO6S/c1-13(2)12-27(22,23)15-10-20(11-15)19(21)7-6-16-17(25-4)8-14(24-3)9-18(16)26-5/h8-9,13,15H,6-7,10-12H2,1-5H3. The van der Waals surface area contributed by atoms with Crippen LogP contribution in [0.15, 0.2) is 12.1 Å². The summed E-state index contributed by atoms with van der Waals surface area (Å²) >= 11 is 0. The normalized spacial score (nSPS) is 14.8. The molecule has 1 aromatic rings. The van der Waals surface area contributed by atoms with Crippen molar-refractivity contribution in [3.63, 3.8) is 0 Å². The van der Waals surface area contributed by atoms with Gasteiger partial charge < -0.3 is 19.1 Å². The fourth-order valence-corrected chi connectivity index (χ4v) is 5.20. The van der Waals surface area contributed by atoms with E-state index >= 15 is 0 Å². The Morgan fingerprint density at radius 1 is 1.11 bits per heavy atom. The van der Waals surface area contributed by atoms with Crippen LogP contribution in [0.4, 0.5) is 0 Å². The highest BCUT2D eigenvalue weighted by Crippen LogP contribution is 2.35. The molecule has 27 heavy (non-hydrogen) atoms. The fraction of sp³-hybridized carbons (Fsp3) is 0.632. The maximum absolute atomic E-state index is 12.4. The van der Waals surface area contributed by atoms with E-state index in [-0.39, 0.29) is 37.1 Å². The molecule has 0 bridgehead atoms. The number of sulfone groups is 1. The van der Waals surface area contributed by atoms with Gasteiger partial charge in [0.15, 0.2) is 9.84 Å². The Hall–Kier alpha value is -1.96. The third kappa shape index (κ3) is 5.06. The summed E-state index contributed by atoms with van der Waals surface area (Å²) in [5, 5.41) is -0.436. The lowest BCUT2D eigenvalue weighted by Crippen LogP contribution is -2.57. The number of hydrogen-bond donors (Lipinski definition) is 0. The molecule has 0 N–H and O–H groups in total. The minimum absolute atomic E-state index is 0.0640. The van der Waals surface area contributed by atoms with Crippen LogP contribution in [0.25, 0.3) is 0 Å². The van der Waals surface area contributed by atoms with Crippen molar-refractivity contribution in [1.82, 2.24) is 4.90 Å². The maximum Gasteiger partial charge on any atom is 0.222 e. The zero-order chi connectivity index (χ0) is 20.2. The molecule has 0 spiro atoms. The molecule has 0 aliphatic carbocycles. The molecule has 2 rings (SSSR count). The van der Waals surface area contributed by atoms with Gasteiger partial charge >= 0.3 is 0 Å². The third-order valence-corrected chi connectivity index (χ3v) is 7.13. The Balaban J connectivity index is 1.97. The maximum atomic E-state index is 12.4. The quantitative estimate of drug-likeness (QED) is 0.631. The van der Waals surface area contributed by atoms with Gasteiger partial charge in [0.1, 0.15) is 17.2 Å². The molecule has 7 nitrogen and oxygen atoms in total. The SMILES string of the molecule is COc1cc(OC)c(CCC(=O)N2CC(S(=O)(=O)CC(C)C)C2)c(OC)c1. The van der Waals surface area contributed by atoms with Crippen molar-refractivity contribution in [2.75, 3.05) is 40.2 Å². The number of ether oxygens (including phenoxy) is 3. The summed E-state index contributed by atoms with van der Waals surface area (Å²) < 4.78 is 40.4. The molecule has 1 aliphatic rings. The highest BCUT2D eigenvalue weighted by atomic mass is 32.2. The molecule has 0 unspecified atom stereocenters. The summed E-state index contributed by atoms with van der Waals surface area (Å²) in [6.07, 6.45) is 0.699. The van der Waals surface area contributed by atoms with Crippen LogP contribution in [-0.2, 0) is 21.1 Å². The first-order valence-corrected chi connectivity index (χ1v) is 10.7. The van der Waals surface area contributed by atoms with Gasteiger partial charge in [-0.25, -0.2) is 8.42 Å². The van der Waals surface area contributed by atoms with Crippen LogP contribution in [0.1, 0.15) is 25.8 Å². The van der Waals surface area contributed by atoms with Gasteiger partial charge in [-0.2, -0.15) is 0 Å². The number of benzene rings is 1. The number of methoxy groups -OCH3 is 3. The molecule has 1 aromatic carbocycles. The van der Waals surface area contributed by atoms with Gasteiger partial charge in [0.05, 0.1) is 32.3 Å². The van der Waals surface area contributed by atoms with E-state index < -0.39 is 15.1 Å². The van der Waals surface area contributed by atoms with Crippen molar-refractivity contribution in [2.45, 2.75) is 31.9 Å². The number of hydrogen-bond acceptors (Lipinski definition) is 6. The lowest BCUT2D eigenvalue weighted by molar-refractivity contribution is -0.134. The van der Waals surface area contributed by atoms with E-state index in [1.54, 1.807) is 38.4 Å². The largest absolute Gasteiger partial charge is 0.496 e. The van der Waals surface area contributed by atoms with Crippen LogP contribution in [0, 0.1) is 5.92 Å². The molecule has 1 amide bonds. The van der Waals surface area contributed by atoms with Gasteiger partial charge in [-0.3, -0.25) is 4.79 Å². The van der Waals surface area contributed by atoms with Crippen molar-refractivity contribution in [2.24, 2.45) is 5.92 Å².